The Morgan fingerprint density at radius 1 is 1.26 bits per heavy atom. The second-order valence-corrected chi connectivity index (χ2v) is 6.05. The Kier molecular flexibility index (Phi) is 6.95. The molecule has 0 bridgehead atoms. The molecule has 3 rings (SSSR count). The number of aromatic nitrogens is 2. The summed E-state index contributed by atoms with van der Waals surface area (Å²) in [5, 5.41) is 6.09. The number of ether oxygens (including phenoxy) is 2. The van der Waals surface area contributed by atoms with Crippen molar-refractivity contribution in [2.24, 2.45) is 0 Å². The number of hydrogen-bond acceptors (Lipinski definition) is 7. The molecule has 0 unspecified atom stereocenters. The van der Waals surface area contributed by atoms with Crippen LogP contribution in [0.1, 0.15) is 17.4 Å². The first-order chi connectivity index (χ1) is 13.3. The van der Waals surface area contributed by atoms with E-state index in [-0.39, 0.29) is 5.91 Å². The van der Waals surface area contributed by atoms with E-state index >= 15 is 0 Å². The van der Waals surface area contributed by atoms with Crippen LogP contribution in [0.2, 0.25) is 0 Å². The number of para-hydroxylation sites is 2. The minimum absolute atomic E-state index is 0.296. The number of benzene rings is 1. The van der Waals surface area contributed by atoms with Crippen molar-refractivity contribution < 1.29 is 14.3 Å². The van der Waals surface area contributed by atoms with Crippen LogP contribution in [0, 0.1) is 0 Å². The molecule has 0 spiro atoms. The van der Waals surface area contributed by atoms with Gasteiger partial charge in [0.15, 0.2) is 0 Å². The van der Waals surface area contributed by atoms with Gasteiger partial charge in [-0.15, -0.1) is 0 Å². The minimum atomic E-state index is -0.305. The van der Waals surface area contributed by atoms with Gasteiger partial charge in [0.1, 0.15) is 23.6 Å². The highest BCUT2D eigenvalue weighted by atomic mass is 16.5. The molecule has 2 heterocycles. The van der Waals surface area contributed by atoms with Crippen molar-refractivity contribution in [3.8, 4) is 5.75 Å². The summed E-state index contributed by atoms with van der Waals surface area (Å²) in [5.74, 6) is 0.952. The van der Waals surface area contributed by atoms with Crippen LogP contribution in [0.3, 0.4) is 0 Å². The van der Waals surface area contributed by atoms with Crippen LogP contribution < -0.4 is 15.4 Å². The smallest absolute Gasteiger partial charge is 0.274 e. The zero-order chi connectivity index (χ0) is 18.9. The molecule has 0 aliphatic carbocycles. The lowest BCUT2D eigenvalue weighted by Gasteiger charge is -2.26. The molecule has 1 aliphatic heterocycles. The van der Waals surface area contributed by atoms with Gasteiger partial charge in [-0.25, -0.2) is 9.97 Å². The zero-order valence-electron chi connectivity index (χ0n) is 15.5. The maximum absolute atomic E-state index is 12.5. The highest BCUT2D eigenvalue weighted by molar-refractivity contribution is 6.04. The highest BCUT2D eigenvalue weighted by Crippen LogP contribution is 2.24. The summed E-state index contributed by atoms with van der Waals surface area (Å²) < 4.78 is 10.9. The molecule has 1 aromatic carbocycles. The number of rotatable bonds is 8. The molecular weight excluding hydrogens is 346 g/mol. The van der Waals surface area contributed by atoms with Gasteiger partial charge in [-0.1, -0.05) is 12.1 Å². The van der Waals surface area contributed by atoms with Gasteiger partial charge >= 0.3 is 0 Å². The number of anilines is 2. The Labute approximate surface area is 158 Å². The molecule has 1 aliphatic rings. The minimum Gasteiger partial charge on any atom is -0.492 e. The Hall–Kier alpha value is -2.71. The van der Waals surface area contributed by atoms with E-state index in [4.69, 9.17) is 9.47 Å². The van der Waals surface area contributed by atoms with Crippen molar-refractivity contribution in [2.75, 3.05) is 56.6 Å². The molecule has 1 amide bonds. The third-order valence-corrected chi connectivity index (χ3v) is 4.17. The van der Waals surface area contributed by atoms with Crippen molar-refractivity contribution in [3.05, 3.63) is 42.4 Å². The second-order valence-electron chi connectivity index (χ2n) is 6.05. The van der Waals surface area contributed by atoms with E-state index in [1.165, 1.54) is 6.33 Å². The van der Waals surface area contributed by atoms with Crippen molar-refractivity contribution in [1.29, 1.82) is 0 Å². The first kappa shape index (κ1) is 19.1. The molecule has 8 nitrogen and oxygen atoms in total. The summed E-state index contributed by atoms with van der Waals surface area (Å²) in [6.07, 6.45) is 1.39. The summed E-state index contributed by atoms with van der Waals surface area (Å²) >= 11 is 0. The van der Waals surface area contributed by atoms with Gasteiger partial charge in [0, 0.05) is 32.2 Å². The zero-order valence-corrected chi connectivity index (χ0v) is 15.5. The lowest BCUT2D eigenvalue weighted by molar-refractivity contribution is 0.0398. The van der Waals surface area contributed by atoms with Gasteiger partial charge < -0.3 is 20.1 Å². The molecule has 1 fully saturated rings. The van der Waals surface area contributed by atoms with Crippen molar-refractivity contribution in [3.63, 3.8) is 0 Å². The molecule has 0 atom stereocenters. The van der Waals surface area contributed by atoms with Crippen LogP contribution in [0.5, 0.6) is 5.75 Å². The monoisotopic (exact) mass is 371 g/mol. The van der Waals surface area contributed by atoms with Gasteiger partial charge in [0.05, 0.1) is 25.5 Å². The lowest BCUT2D eigenvalue weighted by Crippen LogP contribution is -2.39. The van der Waals surface area contributed by atoms with Gasteiger partial charge in [0.25, 0.3) is 5.91 Å². The Morgan fingerprint density at radius 2 is 2.07 bits per heavy atom. The molecule has 2 N–H and O–H groups in total. The van der Waals surface area contributed by atoms with Crippen LogP contribution in [-0.4, -0.2) is 66.8 Å². The highest BCUT2D eigenvalue weighted by Gasteiger charge is 2.13. The number of carbonyl (C=O) groups is 1. The normalized spacial score (nSPS) is 14.6. The van der Waals surface area contributed by atoms with E-state index in [1.807, 2.05) is 25.1 Å². The number of hydrogen-bond donors (Lipinski definition) is 2. The fourth-order valence-electron chi connectivity index (χ4n) is 2.78. The molecule has 8 heteroatoms. The van der Waals surface area contributed by atoms with Crippen LogP contribution in [-0.2, 0) is 4.74 Å². The van der Waals surface area contributed by atoms with Crippen molar-refractivity contribution >= 4 is 17.4 Å². The number of carbonyl (C=O) groups excluding carboxylic acids is 1. The van der Waals surface area contributed by atoms with Crippen molar-refractivity contribution in [1.82, 2.24) is 14.9 Å². The third kappa shape index (κ3) is 5.63. The Bertz CT molecular complexity index is 750. The maximum Gasteiger partial charge on any atom is 0.274 e. The number of nitrogens with zero attached hydrogens (tertiary/aromatic N) is 3. The molecule has 0 radical (unpaired) electrons. The first-order valence-electron chi connectivity index (χ1n) is 9.15. The van der Waals surface area contributed by atoms with Gasteiger partial charge in [-0.05, 0) is 19.1 Å². The van der Waals surface area contributed by atoms with E-state index < -0.39 is 0 Å². The summed E-state index contributed by atoms with van der Waals surface area (Å²) in [6.45, 7) is 7.51. The standard InChI is InChI=1S/C19H25N5O3/c1-2-27-17-6-4-3-5-15(17)23-19(25)16-13-18(22-14-21-16)20-7-8-24-9-11-26-12-10-24/h3-6,13-14H,2,7-12H2,1H3,(H,23,25)(H,20,21,22). The predicted octanol–water partition coefficient (Wildman–Crippen LogP) is 1.87. The molecule has 27 heavy (non-hydrogen) atoms. The van der Waals surface area contributed by atoms with Crippen LogP contribution in [0.4, 0.5) is 11.5 Å². The SMILES string of the molecule is CCOc1ccccc1NC(=O)c1cc(NCCN2CCOCC2)ncn1. The van der Waals surface area contributed by atoms with Gasteiger partial charge in [-0.2, -0.15) is 0 Å². The summed E-state index contributed by atoms with van der Waals surface area (Å²) in [5.41, 5.74) is 0.912. The lowest BCUT2D eigenvalue weighted by atomic mass is 10.2. The maximum atomic E-state index is 12.5. The fraction of sp³-hybridized carbons (Fsp3) is 0.421. The first-order valence-corrected chi connectivity index (χ1v) is 9.15. The average Bonchev–Trinajstić information content (AvgIpc) is 2.71. The topological polar surface area (TPSA) is 88.6 Å². The number of amides is 1. The second kappa shape index (κ2) is 9.84. The fourth-order valence-corrected chi connectivity index (χ4v) is 2.78. The summed E-state index contributed by atoms with van der Waals surface area (Å²) in [4.78, 5) is 23.1. The van der Waals surface area contributed by atoms with Crippen LogP contribution in [0.15, 0.2) is 36.7 Å². The van der Waals surface area contributed by atoms with Crippen LogP contribution >= 0.6 is 0 Å². The van der Waals surface area contributed by atoms with E-state index in [0.29, 0.717) is 29.6 Å². The molecular formula is C19H25N5O3. The number of nitrogens with one attached hydrogen (secondary N) is 2. The van der Waals surface area contributed by atoms with E-state index in [9.17, 15) is 4.79 Å². The Morgan fingerprint density at radius 3 is 2.89 bits per heavy atom. The van der Waals surface area contributed by atoms with E-state index in [1.54, 1.807) is 12.1 Å². The third-order valence-electron chi connectivity index (χ3n) is 4.17. The average molecular weight is 371 g/mol. The summed E-state index contributed by atoms with van der Waals surface area (Å²) in [7, 11) is 0. The molecule has 0 saturated carbocycles. The molecule has 1 aromatic heterocycles. The summed E-state index contributed by atoms with van der Waals surface area (Å²) in [6, 6.07) is 8.97. The van der Waals surface area contributed by atoms with E-state index in [2.05, 4.69) is 25.5 Å². The number of morpholine rings is 1. The van der Waals surface area contributed by atoms with Gasteiger partial charge in [0.2, 0.25) is 0 Å². The molecule has 144 valence electrons. The van der Waals surface area contributed by atoms with E-state index in [0.717, 1.165) is 39.4 Å². The molecule has 2 aromatic rings. The quantitative estimate of drug-likeness (QED) is 0.732. The van der Waals surface area contributed by atoms with Crippen molar-refractivity contribution in [2.45, 2.75) is 6.92 Å². The largest absolute Gasteiger partial charge is 0.492 e. The van der Waals surface area contributed by atoms with Crippen LogP contribution in [0.25, 0.3) is 0 Å². The molecule has 1 saturated heterocycles. The Balaban J connectivity index is 1.57. The van der Waals surface area contributed by atoms with Gasteiger partial charge in [-0.3, -0.25) is 9.69 Å². The predicted molar refractivity (Wildman–Crippen MR) is 103 cm³/mol.